The predicted molar refractivity (Wildman–Crippen MR) is 62.9 cm³/mol. The summed E-state index contributed by atoms with van der Waals surface area (Å²) in [5.41, 5.74) is 12.9. The molecule has 2 atom stereocenters. The fourth-order valence-electron chi connectivity index (χ4n) is 1.90. The molecule has 2 unspecified atom stereocenters. The van der Waals surface area contributed by atoms with Crippen molar-refractivity contribution in [1.29, 1.82) is 0 Å². The first-order valence-corrected chi connectivity index (χ1v) is 5.28. The Labute approximate surface area is 94.4 Å². The average Bonchev–Trinajstić information content (AvgIpc) is 2.67. The van der Waals surface area contributed by atoms with Crippen molar-refractivity contribution in [3.05, 3.63) is 35.5 Å². The van der Waals surface area contributed by atoms with E-state index in [1.807, 2.05) is 19.1 Å². The molecule has 1 aromatic heterocycles. The van der Waals surface area contributed by atoms with Crippen LogP contribution in [-0.4, -0.2) is 16.8 Å². The molecule has 0 radical (unpaired) electrons. The van der Waals surface area contributed by atoms with E-state index in [9.17, 15) is 4.79 Å². The maximum atomic E-state index is 12.1. The van der Waals surface area contributed by atoms with Gasteiger partial charge in [-0.1, -0.05) is 12.2 Å². The lowest BCUT2D eigenvalue weighted by molar-refractivity contribution is 0.0943. The number of pyridine rings is 1. The van der Waals surface area contributed by atoms with Crippen LogP contribution in [0.2, 0.25) is 0 Å². The molecule has 1 aliphatic carbocycles. The molecule has 0 aliphatic heterocycles. The van der Waals surface area contributed by atoms with E-state index in [1.54, 1.807) is 12.3 Å². The molecule has 0 fully saturated rings. The zero-order chi connectivity index (χ0) is 11.7. The van der Waals surface area contributed by atoms with Crippen LogP contribution in [-0.2, 0) is 0 Å². The lowest BCUT2D eigenvalue weighted by Crippen LogP contribution is -2.20. The minimum atomic E-state index is -0.152. The Bertz CT molecular complexity index is 454. The number of carbonyl (C=O) groups is 1. The summed E-state index contributed by atoms with van der Waals surface area (Å²) >= 11 is 0. The highest BCUT2D eigenvalue weighted by atomic mass is 16.1. The third kappa shape index (κ3) is 1.97. The van der Waals surface area contributed by atoms with E-state index in [-0.39, 0.29) is 17.7 Å². The summed E-state index contributed by atoms with van der Waals surface area (Å²) in [7, 11) is 0. The van der Waals surface area contributed by atoms with E-state index in [2.05, 4.69) is 4.98 Å². The highest BCUT2D eigenvalue weighted by Crippen LogP contribution is 2.23. The van der Waals surface area contributed by atoms with E-state index in [0.29, 0.717) is 17.8 Å². The Kier molecular flexibility index (Phi) is 2.75. The Morgan fingerprint density at radius 2 is 2.25 bits per heavy atom. The molecule has 0 bridgehead atoms. The molecule has 2 rings (SSSR count). The van der Waals surface area contributed by atoms with Gasteiger partial charge in [-0.3, -0.25) is 4.79 Å². The zero-order valence-electron chi connectivity index (χ0n) is 9.18. The standard InChI is InChI=1S/C12H15N3O/c1-7-4-10(12(14)15-6-7)11(16)8-2-3-9(13)5-8/h2-4,6,8-9H,5,13H2,1H3,(H2,14,15). The van der Waals surface area contributed by atoms with Crippen molar-refractivity contribution in [2.45, 2.75) is 19.4 Å². The van der Waals surface area contributed by atoms with E-state index >= 15 is 0 Å². The SMILES string of the molecule is Cc1cnc(N)c(C(=O)C2C=CC(N)C2)c1. The van der Waals surface area contributed by atoms with E-state index in [0.717, 1.165) is 5.56 Å². The number of hydrogen-bond acceptors (Lipinski definition) is 4. The molecule has 16 heavy (non-hydrogen) atoms. The summed E-state index contributed by atoms with van der Waals surface area (Å²) in [6.45, 7) is 1.89. The quantitative estimate of drug-likeness (QED) is 0.573. The van der Waals surface area contributed by atoms with Gasteiger partial charge in [-0.15, -0.1) is 0 Å². The number of nitrogen functional groups attached to an aromatic ring is 1. The Morgan fingerprint density at radius 3 is 2.88 bits per heavy atom. The van der Waals surface area contributed by atoms with Gasteiger partial charge in [-0.05, 0) is 25.0 Å². The summed E-state index contributed by atoms with van der Waals surface area (Å²) in [6.07, 6.45) is 6.03. The second-order valence-electron chi connectivity index (χ2n) is 4.20. The molecule has 0 saturated carbocycles. The summed E-state index contributed by atoms with van der Waals surface area (Å²) in [5, 5.41) is 0. The molecule has 1 heterocycles. The number of nitrogens with two attached hydrogens (primary N) is 2. The van der Waals surface area contributed by atoms with Gasteiger partial charge in [0.05, 0.1) is 5.56 Å². The number of anilines is 1. The highest BCUT2D eigenvalue weighted by molar-refractivity contribution is 6.02. The van der Waals surface area contributed by atoms with Crippen LogP contribution in [0.1, 0.15) is 22.3 Å². The second kappa shape index (κ2) is 4.06. The molecule has 0 saturated heterocycles. The first-order valence-electron chi connectivity index (χ1n) is 5.28. The lowest BCUT2D eigenvalue weighted by Gasteiger charge is -2.10. The van der Waals surface area contributed by atoms with Gasteiger partial charge in [0.2, 0.25) is 0 Å². The van der Waals surface area contributed by atoms with E-state index in [4.69, 9.17) is 11.5 Å². The van der Waals surface area contributed by atoms with Gasteiger partial charge in [-0.25, -0.2) is 4.98 Å². The fourth-order valence-corrected chi connectivity index (χ4v) is 1.90. The molecule has 84 valence electrons. The summed E-state index contributed by atoms with van der Waals surface area (Å²) in [4.78, 5) is 16.1. The Morgan fingerprint density at radius 1 is 1.50 bits per heavy atom. The van der Waals surface area contributed by atoms with Crippen LogP contribution in [0.25, 0.3) is 0 Å². The van der Waals surface area contributed by atoms with Gasteiger partial charge in [0.25, 0.3) is 0 Å². The van der Waals surface area contributed by atoms with Gasteiger partial charge >= 0.3 is 0 Å². The van der Waals surface area contributed by atoms with Crippen LogP contribution in [0.3, 0.4) is 0 Å². The third-order valence-corrected chi connectivity index (χ3v) is 2.77. The minimum absolute atomic E-state index is 0.0119. The van der Waals surface area contributed by atoms with Gasteiger partial charge in [-0.2, -0.15) is 0 Å². The first kappa shape index (κ1) is 10.8. The van der Waals surface area contributed by atoms with Crippen LogP contribution in [0.4, 0.5) is 5.82 Å². The monoisotopic (exact) mass is 217 g/mol. The average molecular weight is 217 g/mol. The minimum Gasteiger partial charge on any atom is -0.383 e. The van der Waals surface area contributed by atoms with Crippen molar-refractivity contribution < 1.29 is 4.79 Å². The van der Waals surface area contributed by atoms with Crippen LogP contribution in [0.15, 0.2) is 24.4 Å². The van der Waals surface area contributed by atoms with Gasteiger partial charge < -0.3 is 11.5 Å². The summed E-state index contributed by atoms with van der Waals surface area (Å²) < 4.78 is 0. The van der Waals surface area contributed by atoms with Crippen molar-refractivity contribution in [3.8, 4) is 0 Å². The molecule has 0 aromatic carbocycles. The molecule has 4 nitrogen and oxygen atoms in total. The highest BCUT2D eigenvalue weighted by Gasteiger charge is 2.25. The lowest BCUT2D eigenvalue weighted by atomic mass is 9.96. The second-order valence-corrected chi connectivity index (χ2v) is 4.20. The molecule has 0 amide bonds. The maximum Gasteiger partial charge on any atom is 0.173 e. The normalized spacial score (nSPS) is 23.6. The van der Waals surface area contributed by atoms with Crippen molar-refractivity contribution in [2.75, 3.05) is 5.73 Å². The van der Waals surface area contributed by atoms with Crippen molar-refractivity contribution in [1.82, 2.24) is 4.98 Å². The molecule has 4 N–H and O–H groups in total. The fraction of sp³-hybridized carbons (Fsp3) is 0.333. The molecular weight excluding hydrogens is 202 g/mol. The smallest absolute Gasteiger partial charge is 0.173 e. The topological polar surface area (TPSA) is 82.0 Å². The van der Waals surface area contributed by atoms with Crippen LogP contribution in [0.5, 0.6) is 0 Å². The van der Waals surface area contributed by atoms with Gasteiger partial charge in [0, 0.05) is 18.2 Å². The molecule has 1 aromatic rings. The molecule has 4 heteroatoms. The van der Waals surface area contributed by atoms with E-state index in [1.165, 1.54) is 0 Å². The molecule has 0 spiro atoms. The summed E-state index contributed by atoms with van der Waals surface area (Å²) in [5.74, 6) is 0.156. The number of aryl methyl sites for hydroxylation is 1. The first-order chi connectivity index (χ1) is 7.58. The predicted octanol–water partition coefficient (Wildman–Crippen LogP) is 1.06. The Hall–Kier alpha value is -1.68. The summed E-state index contributed by atoms with van der Waals surface area (Å²) in [6, 6.07) is 1.76. The zero-order valence-corrected chi connectivity index (χ0v) is 9.18. The van der Waals surface area contributed by atoms with Crippen LogP contribution in [0, 0.1) is 12.8 Å². The number of aromatic nitrogens is 1. The number of allylic oxidation sites excluding steroid dienone is 1. The number of Topliss-reactive ketones (excluding diaryl/α,β-unsaturated/α-hetero) is 1. The van der Waals surface area contributed by atoms with Crippen molar-refractivity contribution in [2.24, 2.45) is 11.7 Å². The number of carbonyl (C=O) groups excluding carboxylic acids is 1. The molecular formula is C12H15N3O. The Balaban J connectivity index is 2.27. The number of hydrogen-bond donors (Lipinski definition) is 2. The number of ketones is 1. The third-order valence-electron chi connectivity index (χ3n) is 2.77. The maximum absolute atomic E-state index is 12.1. The van der Waals surface area contributed by atoms with E-state index < -0.39 is 0 Å². The van der Waals surface area contributed by atoms with Crippen LogP contribution >= 0.6 is 0 Å². The van der Waals surface area contributed by atoms with Gasteiger partial charge in [0.15, 0.2) is 5.78 Å². The number of nitrogens with zero attached hydrogens (tertiary/aromatic N) is 1. The van der Waals surface area contributed by atoms with Gasteiger partial charge in [0.1, 0.15) is 5.82 Å². The number of rotatable bonds is 2. The largest absolute Gasteiger partial charge is 0.383 e. The molecule has 1 aliphatic rings. The van der Waals surface area contributed by atoms with Crippen molar-refractivity contribution in [3.63, 3.8) is 0 Å². The van der Waals surface area contributed by atoms with Crippen molar-refractivity contribution >= 4 is 11.6 Å². The van der Waals surface area contributed by atoms with Crippen LogP contribution < -0.4 is 11.5 Å².